The van der Waals surface area contributed by atoms with Crippen LogP contribution in [0.5, 0.6) is 0 Å². The maximum Gasteiger partial charge on any atom is 0.0576 e. The minimum absolute atomic E-state index is 0.433. The van der Waals surface area contributed by atoms with Gasteiger partial charge in [-0.25, -0.2) is 0 Å². The molecule has 1 saturated heterocycles. The molecular weight excluding hydrogens is 281 g/mol. The number of benzene rings is 1. The molecule has 1 N–H and O–H groups in total. The number of likely N-dealkylation sites (N-methyl/N-ethyl adjacent to an activating group) is 1. The van der Waals surface area contributed by atoms with Crippen molar-refractivity contribution in [2.24, 2.45) is 0 Å². The van der Waals surface area contributed by atoms with Gasteiger partial charge in [-0.15, -0.1) is 0 Å². The summed E-state index contributed by atoms with van der Waals surface area (Å²) in [6, 6.07) is 6.16. The normalized spacial score (nSPS) is 20.7. The number of hydrogen-bond acceptors (Lipinski definition) is 2. The Hall–Kier alpha value is -0.280. The lowest BCUT2D eigenvalue weighted by Gasteiger charge is -2.19. The molecule has 0 saturated carbocycles. The minimum atomic E-state index is 0.433. The van der Waals surface area contributed by atoms with Crippen molar-refractivity contribution in [3.8, 4) is 0 Å². The molecule has 0 aromatic heterocycles. The smallest absolute Gasteiger partial charge is 0.0576 e. The number of rotatable bonds is 6. The highest BCUT2D eigenvalue weighted by Gasteiger charge is 2.18. The lowest BCUT2D eigenvalue weighted by molar-refractivity contribution is 0.0998. The first-order chi connectivity index (χ1) is 9.19. The molecule has 1 aliphatic heterocycles. The summed E-state index contributed by atoms with van der Waals surface area (Å²) in [7, 11) is 2.00. The van der Waals surface area contributed by atoms with E-state index in [4.69, 9.17) is 27.9 Å². The zero-order valence-electron chi connectivity index (χ0n) is 11.3. The van der Waals surface area contributed by atoms with E-state index in [0.717, 1.165) is 36.5 Å². The van der Waals surface area contributed by atoms with Gasteiger partial charge >= 0.3 is 0 Å². The zero-order chi connectivity index (χ0) is 13.7. The van der Waals surface area contributed by atoms with Crippen molar-refractivity contribution in [2.45, 2.75) is 44.2 Å². The van der Waals surface area contributed by atoms with Crippen LogP contribution in [0.1, 0.15) is 31.2 Å². The van der Waals surface area contributed by atoms with Crippen molar-refractivity contribution in [3.05, 3.63) is 33.8 Å². The van der Waals surface area contributed by atoms with E-state index >= 15 is 0 Å². The molecule has 1 aromatic carbocycles. The van der Waals surface area contributed by atoms with Crippen LogP contribution in [0.15, 0.2) is 18.2 Å². The molecular formula is C15H21Cl2NO. The van der Waals surface area contributed by atoms with Crippen molar-refractivity contribution >= 4 is 23.2 Å². The third kappa shape index (κ3) is 4.64. The predicted molar refractivity (Wildman–Crippen MR) is 81.2 cm³/mol. The highest BCUT2D eigenvalue weighted by Crippen LogP contribution is 2.24. The van der Waals surface area contributed by atoms with E-state index in [9.17, 15) is 0 Å². The first-order valence-corrected chi connectivity index (χ1v) is 7.67. The number of ether oxygens (including phenoxy) is 1. The van der Waals surface area contributed by atoms with Crippen LogP contribution in [0.4, 0.5) is 0 Å². The average Bonchev–Trinajstić information content (AvgIpc) is 2.90. The van der Waals surface area contributed by atoms with Crippen LogP contribution in [0.3, 0.4) is 0 Å². The third-order valence-corrected chi connectivity index (χ3v) is 4.34. The Balaban J connectivity index is 1.86. The summed E-state index contributed by atoms with van der Waals surface area (Å²) in [6.45, 7) is 0.928. The lowest BCUT2D eigenvalue weighted by atomic mass is 9.99. The topological polar surface area (TPSA) is 21.3 Å². The largest absolute Gasteiger partial charge is 0.378 e. The van der Waals surface area contributed by atoms with E-state index < -0.39 is 0 Å². The Kier molecular flexibility index (Phi) is 5.96. The molecule has 0 radical (unpaired) electrons. The summed E-state index contributed by atoms with van der Waals surface area (Å²) in [5.74, 6) is 0. The average molecular weight is 302 g/mol. The molecule has 0 amide bonds. The number of halogens is 2. The second-order valence-corrected chi connectivity index (χ2v) is 5.98. The molecule has 2 nitrogen and oxygen atoms in total. The molecule has 0 aliphatic carbocycles. The van der Waals surface area contributed by atoms with Crippen LogP contribution in [-0.2, 0) is 11.2 Å². The predicted octanol–water partition coefficient (Wildman–Crippen LogP) is 4.08. The van der Waals surface area contributed by atoms with Crippen molar-refractivity contribution in [1.29, 1.82) is 0 Å². The standard InChI is InChI=1S/C15H21Cl2NO/c1-18-13(6-7-14-3-2-8-19-14)9-11-4-5-12(16)10-15(11)17/h4-5,10,13-14,18H,2-3,6-9H2,1H3. The minimum Gasteiger partial charge on any atom is -0.378 e. The molecule has 0 bridgehead atoms. The highest BCUT2D eigenvalue weighted by atomic mass is 35.5. The van der Waals surface area contributed by atoms with Crippen molar-refractivity contribution in [1.82, 2.24) is 5.32 Å². The summed E-state index contributed by atoms with van der Waals surface area (Å²) >= 11 is 12.1. The Labute approximate surface area is 125 Å². The summed E-state index contributed by atoms with van der Waals surface area (Å²) in [4.78, 5) is 0. The molecule has 2 atom stereocenters. The fraction of sp³-hybridized carbons (Fsp3) is 0.600. The van der Waals surface area contributed by atoms with E-state index in [-0.39, 0.29) is 0 Å². The van der Waals surface area contributed by atoms with E-state index in [1.165, 1.54) is 12.8 Å². The van der Waals surface area contributed by atoms with Gasteiger partial charge in [-0.2, -0.15) is 0 Å². The molecule has 1 aliphatic rings. The lowest BCUT2D eigenvalue weighted by Crippen LogP contribution is -2.29. The van der Waals surface area contributed by atoms with E-state index in [1.807, 2.05) is 25.2 Å². The van der Waals surface area contributed by atoms with Gasteiger partial charge in [0, 0.05) is 22.7 Å². The molecule has 2 unspecified atom stereocenters. The highest BCUT2D eigenvalue weighted by molar-refractivity contribution is 6.35. The first-order valence-electron chi connectivity index (χ1n) is 6.92. The molecule has 0 spiro atoms. The Morgan fingerprint density at radius 3 is 2.89 bits per heavy atom. The molecule has 2 rings (SSSR count). The molecule has 1 heterocycles. The van der Waals surface area contributed by atoms with Crippen molar-refractivity contribution < 1.29 is 4.74 Å². The Morgan fingerprint density at radius 2 is 2.26 bits per heavy atom. The molecule has 106 valence electrons. The van der Waals surface area contributed by atoms with Crippen molar-refractivity contribution in [3.63, 3.8) is 0 Å². The molecule has 1 fully saturated rings. The quantitative estimate of drug-likeness (QED) is 0.855. The summed E-state index contributed by atoms with van der Waals surface area (Å²) in [6.07, 6.45) is 6.03. The van der Waals surface area contributed by atoms with Gasteiger partial charge < -0.3 is 10.1 Å². The first kappa shape index (κ1) is 15.1. The van der Waals surface area contributed by atoms with Crippen molar-refractivity contribution in [2.75, 3.05) is 13.7 Å². The van der Waals surface area contributed by atoms with Gasteiger partial charge in [-0.3, -0.25) is 0 Å². The van der Waals surface area contributed by atoms with Crippen LogP contribution in [0, 0.1) is 0 Å². The van der Waals surface area contributed by atoms with Gasteiger partial charge in [0.2, 0.25) is 0 Å². The maximum absolute atomic E-state index is 6.22. The SMILES string of the molecule is CNC(CCC1CCCO1)Cc1ccc(Cl)cc1Cl. The summed E-state index contributed by atoms with van der Waals surface area (Å²) in [5, 5.41) is 4.81. The fourth-order valence-corrected chi connectivity index (χ4v) is 3.05. The van der Waals surface area contributed by atoms with E-state index in [0.29, 0.717) is 17.2 Å². The summed E-state index contributed by atoms with van der Waals surface area (Å²) < 4.78 is 5.67. The van der Waals surface area contributed by atoms with Gasteiger partial charge in [0.1, 0.15) is 0 Å². The van der Waals surface area contributed by atoms with E-state index in [1.54, 1.807) is 0 Å². The number of hydrogen-bond donors (Lipinski definition) is 1. The molecule has 1 aromatic rings. The molecule has 4 heteroatoms. The second-order valence-electron chi connectivity index (χ2n) is 5.14. The molecule has 19 heavy (non-hydrogen) atoms. The van der Waals surface area contributed by atoms with Gasteiger partial charge in [0.25, 0.3) is 0 Å². The Bertz CT molecular complexity index is 405. The van der Waals surface area contributed by atoms with Crippen LogP contribution in [0.2, 0.25) is 10.0 Å². The van der Waals surface area contributed by atoms with E-state index in [2.05, 4.69) is 5.32 Å². The fourth-order valence-electron chi connectivity index (χ4n) is 2.56. The van der Waals surface area contributed by atoms with Gasteiger partial charge in [-0.1, -0.05) is 29.3 Å². The van der Waals surface area contributed by atoms with Crippen LogP contribution in [-0.4, -0.2) is 25.8 Å². The summed E-state index contributed by atoms with van der Waals surface area (Å²) in [5.41, 5.74) is 1.15. The Morgan fingerprint density at radius 1 is 1.42 bits per heavy atom. The number of nitrogens with one attached hydrogen (secondary N) is 1. The van der Waals surface area contributed by atoms with Gasteiger partial charge in [0.05, 0.1) is 6.10 Å². The monoisotopic (exact) mass is 301 g/mol. The third-order valence-electron chi connectivity index (χ3n) is 3.75. The maximum atomic E-state index is 6.22. The zero-order valence-corrected chi connectivity index (χ0v) is 12.8. The van der Waals surface area contributed by atoms with Crippen LogP contribution in [0.25, 0.3) is 0 Å². The van der Waals surface area contributed by atoms with Gasteiger partial charge in [0.15, 0.2) is 0 Å². The van der Waals surface area contributed by atoms with Gasteiger partial charge in [-0.05, 0) is 56.8 Å². The van der Waals surface area contributed by atoms with Crippen LogP contribution < -0.4 is 5.32 Å². The second kappa shape index (κ2) is 7.49. The van der Waals surface area contributed by atoms with Crippen LogP contribution >= 0.6 is 23.2 Å².